The van der Waals surface area contributed by atoms with Gasteiger partial charge in [-0.1, -0.05) is 13.8 Å². The first-order valence-electron chi connectivity index (χ1n) is 6.78. The van der Waals surface area contributed by atoms with Crippen LogP contribution in [-0.4, -0.2) is 25.5 Å². The van der Waals surface area contributed by atoms with Crippen molar-refractivity contribution in [1.82, 2.24) is 0 Å². The number of hydrogen-bond donors (Lipinski definition) is 1. The summed E-state index contributed by atoms with van der Waals surface area (Å²) in [4.78, 5) is 3.66. The molecule has 1 aromatic carbocycles. The fraction of sp³-hybridized carbons (Fsp3) is 0.562. The van der Waals surface area contributed by atoms with Gasteiger partial charge in [-0.2, -0.15) is 0 Å². The predicted octanol–water partition coefficient (Wildman–Crippen LogP) is 1.56. The maximum atomic E-state index is 5.42. The molecule has 3 nitrogen and oxygen atoms in total. The molecule has 1 aliphatic rings. The number of hydrogen-bond acceptors (Lipinski definition) is 2. The van der Waals surface area contributed by atoms with Gasteiger partial charge in [-0.3, -0.25) is 0 Å². The second-order valence-electron chi connectivity index (χ2n) is 6.12. The van der Waals surface area contributed by atoms with Crippen LogP contribution in [0.25, 0.3) is 0 Å². The van der Waals surface area contributed by atoms with Crippen LogP contribution in [-0.2, 0) is 6.42 Å². The first-order valence-corrected chi connectivity index (χ1v) is 6.78. The first-order chi connectivity index (χ1) is 8.88. The molecule has 3 heteroatoms. The molecule has 1 N–H and O–H groups in total. The van der Waals surface area contributed by atoms with E-state index in [-0.39, 0.29) is 5.54 Å². The number of rotatable bonds is 3. The van der Waals surface area contributed by atoms with Gasteiger partial charge in [0.15, 0.2) is 22.7 Å². The molecule has 0 bridgehead atoms. The Morgan fingerprint density at radius 3 is 2.21 bits per heavy atom. The number of nitrogens with one attached hydrogen (secondary N) is 1. The summed E-state index contributed by atoms with van der Waals surface area (Å²) in [7, 11) is 3.36. The summed E-state index contributed by atoms with van der Waals surface area (Å²) in [5.41, 5.74) is 3.94. The lowest BCUT2D eigenvalue weighted by Crippen LogP contribution is -2.88. The van der Waals surface area contributed by atoms with Crippen LogP contribution in [0.3, 0.4) is 0 Å². The molecule has 0 unspecified atom stereocenters. The number of methoxy groups -OCH3 is 2. The Bertz CT molecular complexity index is 516. The highest BCUT2D eigenvalue weighted by Crippen LogP contribution is 2.33. The quantitative estimate of drug-likeness (QED) is 0.896. The summed E-state index contributed by atoms with van der Waals surface area (Å²) in [6.45, 7) is 8.89. The smallest absolute Gasteiger partial charge is 0.185 e. The lowest BCUT2D eigenvalue weighted by Gasteiger charge is -2.26. The molecule has 0 radical (unpaired) electrons. The van der Waals surface area contributed by atoms with Crippen LogP contribution < -0.4 is 14.5 Å². The highest BCUT2D eigenvalue weighted by Gasteiger charge is 2.35. The lowest BCUT2D eigenvalue weighted by atomic mass is 9.83. The Hall–Kier alpha value is -1.51. The monoisotopic (exact) mass is 262 g/mol. The van der Waals surface area contributed by atoms with Crippen molar-refractivity contribution in [3.8, 4) is 11.5 Å². The summed E-state index contributed by atoms with van der Waals surface area (Å²) < 4.78 is 10.8. The lowest BCUT2D eigenvalue weighted by molar-refractivity contribution is -0.547. The molecule has 1 heterocycles. The fourth-order valence-corrected chi connectivity index (χ4v) is 2.73. The molecular weight excluding hydrogens is 238 g/mol. The maximum absolute atomic E-state index is 5.42. The zero-order chi connectivity index (χ0) is 14.2. The minimum Gasteiger partial charge on any atom is -0.493 e. The Labute approximate surface area is 115 Å². The van der Waals surface area contributed by atoms with Crippen molar-refractivity contribution >= 4 is 5.71 Å². The number of fused-ring (bicyclic) bond motifs is 1. The molecule has 0 saturated carbocycles. The van der Waals surface area contributed by atoms with Gasteiger partial charge in [-0.15, -0.1) is 0 Å². The van der Waals surface area contributed by atoms with Crippen molar-refractivity contribution in [3.05, 3.63) is 23.3 Å². The molecule has 1 aliphatic heterocycles. The summed E-state index contributed by atoms with van der Waals surface area (Å²) in [6.07, 6.45) is 0.985. The van der Waals surface area contributed by atoms with E-state index in [2.05, 4.69) is 44.8 Å². The van der Waals surface area contributed by atoms with E-state index in [1.807, 2.05) is 0 Å². The summed E-state index contributed by atoms with van der Waals surface area (Å²) in [5.74, 6) is 2.05. The van der Waals surface area contributed by atoms with Gasteiger partial charge < -0.3 is 9.47 Å². The van der Waals surface area contributed by atoms with Gasteiger partial charge in [0.05, 0.1) is 14.2 Å². The van der Waals surface area contributed by atoms with Crippen LogP contribution in [0.5, 0.6) is 11.5 Å². The van der Waals surface area contributed by atoms with Gasteiger partial charge in [0.1, 0.15) is 0 Å². The van der Waals surface area contributed by atoms with Gasteiger partial charge in [0.25, 0.3) is 0 Å². The summed E-state index contributed by atoms with van der Waals surface area (Å²) in [5, 5.41) is 0. The molecule has 0 aliphatic carbocycles. The van der Waals surface area contributed by atoms with E-state index in [9.17, 15) is 0 Å². The molecule has 0 saturated heterocycles. The third-order valence-electron chi connectivity index (χ3n) is 3.58. The van der Waals surface area contributed by atoms with Crippen LogP contribution in [0.1, 0.15) is 38.8 Å². The SMILES string of the molecule is COc1cc2c(cc1OC)C(C(C)C)=[NH+]C(C)(C)C2. The van der Waals surface area contributed by atoms with E-state index in [1.54, 1.807) is 14.2 Å². The zero-order valence-electron chi connectivity index (χ0n) is 12.8. The van der Waals surface area contributed by atoms with E-state index in [1.165, 1.54) is 16.8 Å². The van der Waals surface area contributed by atoms with Crippen molar-refractivity contribution in [2.75, 3.05) is 14.2 Å². The molecule has 0 spiro atoms. The third-order valence-corrected chi connectivity index (χ3v) is 3.58. The van der Waals surface area contributed by atoms with Gasteiger partial charge in [-0.05, 0) is 17.7 Å². The molecular formula is C16H24NO2+. The first kappa shape index (κ1) is 13.9. The highest BCUT2D eigenvalue weighted by atomic mass is 16.5. The largest absolute Gasteiger partial charge is 0.493 e. The van der Waals surface area contributed by atoms with E-state index < -0.39 is 0 Å². The van der Waals surface area contributed by atoms with Gasteiger partial charge in [0.2, 0.25) is 0 Å². The number of ether oxygens (including phenoxy) is 2. The average Bonchev–Trinajstić information content (AvgIpc) is 2.35. The molecule has 0 atom stereocenters. The second-order valence-corrected chi connectivity index (χ2v) is 6.12. The van der Waals surface area contributed by atoms with Gasteiger partial charge in [0, 0.05) is 31.7 Å². The molecule has 104 valence electrons. The van der Waals surface area contributed by atoms with Gasteiger partial charge in [-0.25, -0.2) is 4.99 Å². The standard InChI is InChI=1S/C16H23NO2/c1-10(2)15-12-8-14(19-6)13(18-5)7-11(12)9-16(3,4)17-15/h7-8,10H,9H2,1-6H3/p+1. The minimum atomic E-state index is 0.0756. The molecule has 2 rings (SSSR count). The molecule has 0 aromatic heterocycles. The molecule has 19 heavy (non-hydrogen) atoms. The Balaban J connectivity index is 2.62. The molecule has 1 aromatic rings. The Morgan fingerprint density at radius 2 is 1.68 bits per heavy atom. The van der Waals surface area contributed by atoms with Crippen molar-refractivity contribution in [1.29, 1.82) is 0 Å². The van der Waals surface area contributed by atoms with Crippen molar-refractivity contribution in [3.63, 3.8) is 0 Å². The Kier molecular flexibility index (Phi) is 3.57. The second kappa shape index (κ2) is 4.87. The minimum absolute atomic E-state index is 0.0756. The predicted molar refractivity (Wildman–Crippen MR) is 77.2 cm³/mol. The Morgan fingerprint density at radius 1 is 1.11 bits per heavy atom. The van der Waals surface area contributed by atoms with E-state index in [4.69, 9.17) is 9.47 Å². The fourth-order valence-electron chi connectivity index (χ4n) is 2.73. The van der Waals surface area contributed by atoms with E-state index in [0.29, 0.717) is 5.92 Å². The van der Waals surface area contributed by atoms with Crippen LogP contribution >= 0.6 is 0 Å². The number of benzene rings is 1. The summed E-state index contributed by atoms with van der Waals surface area (Å²) >= 11 is 0. The topological polar surface area (TPSA) is 32.4 Å². The maximum Gasteiger partial charge on any atom is 0.185 e. The molecule has 0 fully saturated rings. The van der Waals surface area contributed by atoms with Crippen LogP contribution in [0, 0.1) is 5.92 Å². The highest BCUT2D eigenvalue weighted by molar-refractivity contribution is 6.00. The third kappa shape index (κ3) is 2.60. The van der Waals surface area contributed by atoms with Gasteiger partial charge >= 0.3 is 0 Å². The van der Waals surface area contributed by atoms with Crippen molar-refractivity contribution in [2.24, 2.45) is 5.92 Å². The van der Waals surface area contributed by atoms with E-state index in [0.717, 1.165) is 17.9 Å². The molecule has 0 amide bonds. The zero-order valence-corrected chi connectivity index (χ0v) is 12.8. The van der Waals surface area contributed by atoms with Crippen LogP contribution in [0.4, 0.5) is 0 Å². The van der Waals surface area contributed by atoms with Crippen molar-refractivity contribution in [2.45, 2.75) is 39.7 Å². The summed E-state index contributed by atoms with van der Waals surface area (Å²) in [6, 6.07) is 4.20. The van der Waals surface area contributed by atoms with Crippen LogP contribution in [0.2, 0.25) is 0 Å². The normalized spacial score (nSPS) is 16.9. The average molecular weight is 262 g/mol. The van der Waals surface area contributed by atoms with E-state index >= 15 is 0 Å². The van der Waals surface area contributed by atoms with Crippen LogP contribution in [0.15, 0.2) is 12.1 Å². The van der Waals surface area contributed by atoms with Crippen molar-refractivity contribution < 1.29 is 14.5 Å².